The van der Waals surface area contributed by atoms with E-state index < -0.39 is 0 Å². The van der Waals surface area contributed by atoms with Crippen LogP contribution in [0.1, 0.15) is 13.3 Å². The third kappa shape index (κ3) is 1.59. The van der Waals surface area contributed by atoms with Gasteiger partial charge in [-0.05, 0) is 6.07 Å². The van der Waals surface area contributed by atoms with E-state index in [0.717, 1.165) is 5.39 Å². The molecule has 72 valence electrons. The highest BCUT2D eigenvalue weighted by Crippen LogP contribution is 2.18. The first-order valence-electron chi connectivity index (χ1n) is 4.33. The van der Waals surface area contributed by atoms with Gasteiger partial charge in [-0.3, -0.25) is 4.79 Å². The van der Waals surface area contributed by atoms with Crippen LogP contribution in [-0.2, 0) is 4.79 Å². The third-order valence-corrected chi connectivity index (χ3v) is 1.82. The Morgan fingerprint density at radius 3 is 3.29 bits per heavy atom. The molecule has 0 saturated heterocycles. The minimum atomic E-state index is -0.291. The summed E-state index contributed by atoms with van der Waals surface area (Å²) in [4.78, 5) is 14.9. The molecule has 4 heteroatoms. The standard InChI is InChI=1S/C10H9NO3/c1-2-10(12)14-9-5-7-3-4-13-8(7)6-11-9/h3-6H,2H2,1H3. The zero-order chi connectivity index (χ0) is 9.97. The van der Waals surface area contributed by atoms with Crippen molar-refractivity contribution in [2.45, 2.75) is 13.3 Å². The summed E-state index contributed by atoms with van der Waals surface area (Å²) in [5.41, 5.74) is 0.682. The molecule has 2 rings (SSSR count). The van der Waals surface area contributed by atoms with Crippen molar-refractivity contribution in [3.63, 3.8) is 0 Å². The molecule has 14 heavy (non-hydrogen) atoms. The molecule has 0 aliphatic heterocycles. The molecule has 0 fully saturated rings. The second kappa shape index (κ2) is 3.49. The van der Waals surface area contributed by atoms with Crippen molar-refractivity contribution in [1.29, 1.82) is 0 Å². The number of ether oxygens (including phenoxy) is 1. The number of carbonyl (C=O) groups is 1. The maximum Gasteiger partial charge on any atom is 0.312 e. The quantitative estimate of drug-likeness (QED) is 0.682. The highest BCUT2D eigenvalue weighted by Gasteiger charge is 2.04. The normalized spacial score (nSPS) is 10.4. The van der Waals surface area contributed by atoms with Gasteiger partial charge in [0.05, 0.1) is 12.5 Å². The lowest BCUT2D eigenvalue weighted by atomic mass is 10.3. The summed E-state index contributed by atoms with van der Waals surface area (Å²) in [6.07, 6.45) is 3.44. The maximum absolute atomic E-state index is 11.0. The molecule has 0 aliphatic carbocycles. The van der Waals surface area contributed by atoms with Crippen LogP contribution in [0.4, 0.5) is 0 Å². The molecule has 2 aromatic heterocycles. The summed E-state index contributed by atoms with van der Waals surface area (Å²) in [6, 6.07) is 3.46. The number of hydrogen-bond donors (Lipinski definition) is 0. The lowest BCUT2D eigenvalue weighted by Gasteiger charge is -1.99. The first-order valence-corrected chi connectivity index (χ1v) is 4.33. The van der Waals surface area contributed by atoms with Gasteiger partial charge in [-0.2, -0.15) is 0 Å². The maximum atomic E-state index is 11.0. The molecular weight excluding hydrogens is 182 g/mol. The van der Waals surface area contributed by atoms with Crippen molar-refractivity contribution < 1.29 is 13.9 Å². The van der Waals surface area contributed by atoms with Crippen molar-refractivity contribution in [3.05, 3.63) is 24.6 Å². The van der Waals surface area contributed by atoms with Gasteiger partial charge in [0.15, 0.2) is 5.58 Å². The average molecular weight is 191 g/mol. The highest BCUT2D eigenvalue weighted by molar-refractivity contribution is 5.78. The molecule has 0 amide bonds. The average Bonchev–Trinajstić information content (AvgIpc) is 2.64. The van der Waals surface area contributed by atoms with Crippen LogP contribution < -0.4 is 4.74 Å². The van der Waals surface area contributed by atoms with Crippen molar-refractivity contribution >= 4 is 16.9 Å². The Morgan fingerprint density at radius 2 is 2.50 bits per heavy atom. The van der Waals surface area contributed by atoms with Gasteiger partial charge in [-0.1, -0.05) is 6.92 Å². The Bertz CT molecular complexity index is 461. The van der Waals surface area contributed by atoms with Crippen molar-refractivity contribution in [2.75, 3.05) is 0 Å². The number of nitrogens with zero attached hydrogens (tertiary/aromatic N) is 1. The molecule has 0 atom stereocenters. The number of rotatable bonds is 2. The second-order valence-corrected chi connectivity index (χ2v) is 2.81. The molecule has 4 nitrogen and oxygen atoms in total. The van der Waals surface area contributed by atoms with Gasteiger partial charge >= 0.3 is 5.97 Å². The largest absolute Gasteiger partial charge is 0.463 e. The van der Waals surface area contributed by atoms with E-state index >= 15 is 0 Å². The van der Waals surface area contributed by atoms with E-state index in [0.29, 0.717) is 17.9 Å². The van der Waals surface area contributed by atoms with E-state index in [1.54, 1.807) is 25.3 Å². The molecule has 0 saturated carbocycles. The minimum Gasteiger partial charge on any atom is -0.463 e. The summed E-state index contributed by atoms with van der Waals surface area (Å²) < 4.78 is 10.1. The summed E-state index contributed by atoms with van der Waals surface area (Å²) in [5, 5.41) is 0.874. The van der Waals surface area contributed by atoms with E-state index in [1.165, 1.54) is 6.20 Å². The molecule has 0 aromatic carbocycles. The van der Waals surface area contributed by atoms with Crippen molar-refractivity contribution in [3.8, 4) is 5.88 Å². The lowest BCUT2D eigenvalue weighted by molar-refractivity contribution is -0.134. The molecule has 2 aromatic rings. The van der Waals surface area contributed by atoms with Crippen LogP contribution in [0.15, 0.2) is 29.0 Å². The number of carbonyl (C=O) groups excluding carboxylic acids is 1. The molecule has 0 bridgehead atoms. The Kier molecular flexibility index (Phi) is 2.18. The van der Waals surface area contributed by atoms with Gasteiger partial charge in [0, 0.05) is 17.9 Å². The summed E-state index contributed by atoms with van der Waals surface area (Å²) >= 11 is 0. The SMILES string of the molecule is CCC(=O)Oc1cc2ccoc2cn1. The zero-order valence-corrected chi connectivity index (χ0v) is 7.69. The predicted octanol–water partition coefficient (Wildman–Crippen LogP) is 2.14. The van der Waals surface area contributed by atoms with Crippen LogP contribution in [0.3, 0.4) is 0 Å². The highest BCUT2D eigenvalue weighted by atomic mass is 16.5. The van der Waals surface area contributed by atoms with Crippen LogP contribution in [0, 0.1) is 0 Å². The zero-order valence-electron chi connectivity index (χ0n) is 7.69. The number of fused-ring (bicyclic) bond motifs is 1. The number of aromatic nitrogens is 1. The lowest BCUT2D eigenvalue weighted by Crippen LogP contribution is -2.06. The smallest absolute Gasteiger partial charge is 0.312 e. The Labute approximate surface area is 80.5 Å². The Morgan fingerprint density at radius 1 is 1.64 bits per heavy atom. The van der Waals surface area contributed by atoms with Crippen LogP contribution in [0.2, 0.25) is 0 Å². The molecule has 0 radical (unpaired) electrons. The summed E-state index contributed by atoms with van der Waals surface area (Å²) in [7, 11) is 0. The first-order chi connectivity index (χ1) is 6.79. The van der Waals surface area contributed by atoms with Gasteiger partial charge in [0.2, 0.25) is 5.88 Å². The predicted molar refractivity (Wildman–Crippen MR) is 49.9 cm³/mol. The van der Waals surface area contributed by atoms with Gasteiger partial charge < -0.3 is 9.15 Å². The van der Waals surface area contributed by atoms with E-state index in [-0.39, 0.29) is 5.97 Å². The summed E-state index contributed by atoms with van der Waals surface area (Å²) in [5.74, 6) is 0.0195. The van der Waals surface area contributed by atoms with E-state index in [4.69, 9.17) is 9.15 Å². The fourth-order valence-electron chi connectivity index (χ4n) is 1.09. The van der Waals surface area contributed by atoms with E-state index in [1.807, 2.05) is 0 Å². The second-order valence-electron chi connectivity index (χ2n) is 2.81. The number of furan rings is 1. The minimum absolute atomic E-state index is 0.291. The van der Waals surface area contributed by atoms with Crippen molar-refractivity contribution in [1.82, 2.24) is 4.98 Å². The van der Waals surface area contributed by atoms with Gasteiger partial charge in [-0.15, -0.1) is 0 Å². The van der Waals surface area contributed by atoms with E-state index in [9.17, 15) is 4.79 Å². The van der Waals surface area contributed by atoms with Crippen molar-refractivity contribution in [2.24, 2.45) is 0 Å². The van der Waals surface area contributed by atoms with Crippen LogP contribution >= 0.6 is 0 Å². The fraction of sp³-hybridized carbons (Fsp3) is 0.200. The van der Waals surface area contributed by atoms with E-state index in [2.05, 4.69) is 4.98 Å². The van der Waals surface area contributed by atoms with Crippen LogP contribution in [-0.4, -0.2) is 11.0 Å². The van der Waals surface area contributed by atoms with Gasteiger partial charge in [0.25, 0.3) is 0 Å². The molecular formula is C10H9NO3. The molecule has 0 aliphatic rings. The van der Waals surface area contributed by atoms with Gasteiger partial charge in [-0.25, -0.2) is 4.98 Å². The number of esters is 1. The van der Waals surface area contributed by atoms with Crippen LogP contribution in [0.25, 0.3) is 11.0 Å². The molecule has 0 unspecified atom stereocenters. The monoisotopic (exact) mass is 191 g/mol. The molecule has 0 N–H and O–H groups in total. The summed E-state index contributed by atoms with van der Waals surface area (Å²) in [6.45, 7) is 1.73. The molecule has 2 heterocycles. The first kappa shape index (κ1) is 8.74. The fourth-order valence-corrected chi connectivity index (χ4v) is 1.09. The number of hydrogen-bond acceptors (Lipinski definition) is 4. The number of pyridine rings is 1. The topological polar surface area (TPSA) is 52.3 Å². The van der Waals surface area contributed by atoms with Crippen LogP contribution in [0.5, 0.6) is 5.88 Å². The Balaban J connectivity index is 2.30. The van der Waals surface area contributed by atoms with Gasteiger partial charge in [0.1, 0.15) is 0 Å². The third-order valence-electron chi connectivity index (χ3n) is 1.82. The Hall–Kier alpha value is -1.84. The molecule has 0 spiro atoms.